The molecule has 0 aliphatic rings. The van der Waals surface area contributed by atoms with Crippen LogP contribution in [0.5, 0.6) is 0 Å². The highest BCUT2D eigenvalue weighted by Gasteiger charge is 2.15. The van der Waals surface area contributed by atoms with E-state index in [0.717, 1.165) is 17.1 Å². The van der Waals surface area contributed by atoms with Gasteiger partial charge in [-0.15, -0.1) is 10.2 Å². The first-order valence-corrected chi connectivity index (χ1v) is 7.81. The number of furan rings is 1. The average molecular weight is 308 g/mol. The van der Waals surface area contributed by atoms with Gasteiger partial charge in [0.1, 0.15) is 5.76 Å². The zero-order valence-corrected chi connectivity index (χ0v) is 13.5. The zero-order valence-electron chi connectivity index (χ0n) is 12.7. The quantitative estimate of drug-likeness (QED) is 0.829. The van der Waals surface area contributed by atoms with E-state index >= 15 is 0 Å². The Morgan fingerprint density at radius 1 is 1.48 bits per heavy atom. The highest BCUT2D eigenvalue weighted by Crippen LogP contribution is 2.25. The van der Waals surface area contributed by atoms with Gasteiger partial charge in [-0.05, 0) is 18.9 Å². The van der Waals surface area contributed by atoms with Gasteiger partial charge < -0.3 is 14.3 Å². The highest BCUT2D eigenvalue weighted by molar-refractivity contribution is 7.99. The fraction of sp³-hybridized carbons (Fsp3) is 0.500. The van der Waals surface area contributed by atoms with Crippen LogP contribution in [0, 0.1) is 12.8 Å². The summed E-state index contributed by atoms with van der Waals surface area (Å²) in [5.41, 5.74) is 0.918. The van der Waals surface area contributed by atoms with E-state index in [-0.39, 0.29) is 5.91 Å². The van der Waals surface area contributed by atoms with Crippen molar-refractivity contribution < 1.29 is 9.21 Å². The van der Waals surface area contributed by atoms with Crippen LogP contribution < -0.4 is 5.32 Å². The minimum atomic E-state index is 0.0118. The number of amides is 1. The molecule has 0 aliphatic carbocycles. The van der Waals surface area contributed by atoms with E-state index in [1.807, 2.05) is 24.6 Å². The molecule has 0 bridgehead atoms. The van der Waals surface area contributed by atoms with Crippen molar-refractivity contribution in [2.45, 2.75) is 25.9 Å². The highest BCUT2D eigenvalue weighted by atomic mass is 32.2. The second kappa shape index (κ2) is 6.80. The molecule has 0 unspecified atom stereocenters. The Hall–Kier alpha value is -1.76. The number of aromatic nitrogens is 3. The number of thioether (sulfide) groups is 1. The predicted octanol–water partition coefficient (Wildman–Crippen LogP) is 2.25. The van der Waals surface area contributed by atoms with Crippen molar-refractivity contribution in [2.24, 2.45) is 13.0 Å². The fourth-order valence-electron chi connectivity index (χ4n) is 1.79. The molecule has 0 aromatic carbocycles. The third-order valence-corrected chi connectivity index (χ3v) is 3.99. The number of hydrogen-bond acceptors (Lipinski definition) is 5. The largest absolute Gasteiger partial charge is 0.469 e. The number of hydrogen-bond donors (Lipinski definition) is 1. The van der Waals surface area contributed by atoms with Gasteiger partial charge in [0.15, 0.2) is 11.0 Å². The van der Waals surface area contributed by atoms with Crippen molar-refractivity contribution >= 4 is 17.7 Å². The van der Waals surface area contributed by atoms with Gasteiger partial charge in [-0.1, -0.05) is 25.6 Å². The maximum Gasteiger partial charge on any atom is 0.230 e. The summed E-state index contributed by atoms with van der Waals surface area (Å²) in [5.74, 6) is 2.34. The SMILES string of the molecule is Cc1occc1-c1nnc(SCC(=O)NCC(C)C)n1C. The van der Waals surface area contributed by atoms with E-state index in [4.69, 9.17) is 4.42 Å². The maximum absolute atomic E-state index is 11.7. The summed E-state index contributed by atoms with van der Waals surface area (Å²) in [5, 5.41) is 11.9. The van der Waals surface area contributed by atoms with Gasteiger partial charge in [-0.25, -0.2) is 0 Å². The number of carbonyl (C=O) groups excluding carboxylic acids is 1. The van der Waals surface area contributed by atoms with E-state index in [1.165, 1.54) is 11.8 Å². The van der Waals surface area contributed by atoms with Crippen molar-refractivity contribution in [3.63, 3.8) is 0 Å². The molecule has 1 amide bonds. The molecule has 6 nitrogen and oxygen atoms in total. The molecule has 2 heterocycles. The van der Waals surface area contributed by atoms with E-state index < -0.39 is 0 Å². The first kappa shape index (κ1) is 15.6. The van der Waals surface area contributed by atoms with Gasteiger partial charge in [0.25, 0.3) is 0 Å². The van der Waals surface area contributed by atoms with Gasteiger partial charge in [-0.2, -0.15) is 0 Å². The molecule has 0 fully saturated rings. The van der Waals surface area contributed by atoms with Crippen molar-refractivity contribution in [3.8, 4) is 11.4 Å². The molecule has 21 heavy (non-hydrogen) atoms. The second-order valence-corrected chi connectivity index (χ2v) is 6.18. The van der Waals surface area contributed by atoms with Crippen LogP contribution in [0.3, 0.4) is 0 Å². The fourth-order valence-corrected chi connectivity index (χ4v) is 2.53. The maximum atomic E-state index is 11.7. The predicted molar refractivity (Wildman–Crippen MR) is 82.0 cm³/mol. The normalized spacial score (nSPS) is 11.1. The van der Waals surface area contributed by atoms with E-state index in [2.05, 4.69) is 29.4 Å². The van der Waals surface area contributed by atoms with Crippen LogP contribution in [-0.2, 0) is 11.8 Å². The monoisotopic (exact) mass is 308 g/mol. The molecule has 0 spiro atoms. The molecule has 2 rings (SSSR count). The molecular formula is C14H20N4O2S. The van der Waals surface area contributed by atoms with Crippen LogP contribution in [0.2, 0.25) is 0 Å². The summed E-state index contributed by atoms with van der Waals surface area (Å²) in [7, 11) is 1.89. The third kappa shape index (κ3) is 3.87. The van der Waals surface area contributed by atoms with E-state index in [0.29, 0.717) is 23.4 Å². The Bertz CT molecular complexity index is 618. The Labute approximate surface area is 128 Å². The molecule has 0 radical (unpaired) electrons. The van der Waals surface area contributed by atoms with Gasteiger partial charge in [0.2, 0.25) is 5.91 Å². The molecule has 1 N–H and O–H groups in total. The first-order valence-electron chi connectivity index (χ1n) is 6.82. The summed E-state index contributed by atoms with van der Waals surface area (Å²) in [6, 6.07) is 1.86. The molecule has 2 aromatic rings. The Morgan fingerprint density at radius 2 is 2.24 bits per heavy atom. The lowest BCUT2D eigenvalue weighted by atomic mass is 10.2. The van der Waals surface area contributed by atoms with Crippen molar-refractivity contribution in [1.82, 2.24) is 20.1 Å². The second-order valence-electron chi connectivity index (χ2n) is 5.24. The summed E-state index contributed by atoms with van der Waals surface area (Å²) in [6.07, 6.45) is 1.63. The van der Waals surface area contributed by atoms with E-state index in [1.54, 1.807) is 6.26 Å². The van der Waals surface area contributed by atoms with Crippen molar-refractivity contribution in [3.05, 3.63) is 18.1 Å². The topological polar surface area (TPSA) is 72.9 Å². The van der Waals surface area contributed by atoms with Crippen LogP contribution in [-0.4, -0.2) is 33.0 Å². The Morgan fingerprint density at radius 3 is 2.86 bits per heavy atom. The summed E-state index contributed by atoms with van der Waals surface area (Å²) in [4.78, 5) is 11.7. The summed E-state index contributed by atoms with van der Waals surface area (Å²) in [6.45, 7) is 6.71. The number of aryl methyl sites for hydroxylation is 1. The summed E-state index contributed by atoms with van der Waals surface area (Å²) >= 11 is 1.38. The molecule has 0 saturated heterocycles. The molecule has 2 aromatic heterocycles. The smallest absolute Gasteiger partial charge is 0.230 e. The lowest BCUT2D eigenvalue weighted by Gasteiger charge is -2.07. The van der Waals surface area contributed by atoms with Gasteiger partial charge in [-0.3, -0.25) is 4.79 Å². The number of nitrogens with one attached hydrogen (secondary N) is 1. The number of nitrogens with zero attached hydrogens (tertiary/aromatic N) is 3. The number of carbonyl (C=O) groups is 1. The minimum absolute atomic E-state index is 0.0118. The van der Waals surface area contributed by atoms with Gasteiger partial charge in [0.05, 0.1) is 17.6 Å². The first-order chi connectivity index (χ1) is 9.99. The lowest BCUT2D eigenvalue weighted by Crippen LogP contribution is -2.28. The molecule has 114 valence electrons. The summed E-state index contributed by atoms with van der Waals surface area (Å²) < 4.78 is 7.16. The molecule has 0 atom stereocenters. The standard InChI is InChI=1S/C14H20N4O2S/c1-9(2)7-15-12(19)8-21-14-17-16-13(18(14)4)11-5-6-20-10(11)3/h5-6,9H,7-8H2,1-4H3,(H,15,19). The van der Waals surface area contributed by atoms with Gasteiger partial charge in [0, 0.05) is 13.6 Å². The minimum Gasteiger partial charge on any atom is -0.469 e. The molecule has 7 heteroatoms. The zero-order chi connectivity index (χ0) is 15.4. The van der Waals surface area contributed by atoms with Gasteiger partial charge >= 0.3 is 0 Å². The van der Waals surface area contributed by atoms with Crippen molar-refractivity contribution in [1.29, 1.82) is 0 Å². The molecular weight excluding hydrogens is 288 g/mol. The number of rotatable bonds is 6. The van der Waals surface area contributed by atoms with Crippen LogP contribution in [0.4, 0.5) is 0 Å². The third-order valence-electron chi connectivity index (χ3n) is 2.97. The average Bonchev–Trinajstić information content (AvgIpc) is 3.00. The van der Waals surface area contributed by atoms with E-state index in [9.17, 15) is 4.79 Å². The Balaban J connectivity index is 1.98. The van der Waals surface area contributed by atoms with Crippen LogP contribution in [0.15, 0.2) is 21.9 Å². The Kier molecular flexibility index (Phi) is 5.06. The van der Waals surface area contributed by atoms with Crippen LogP contribution in [0.25, 0.3) is 11.4 Å². The van der Waals surface area contributed by atoms with Crippen LogP contribution >= 0.6 is 11.8 Å². The molecule has 0 saturated carbocycles. The molecule has 0 aliphatic heterocycles. The lowest BCUT2D eigenvalue weighted by molar-refractivity contribution is -0.118. The van der Waals surface area contributed by atoms with Crippen LogP contribution in [0.1, 0.15) is 19.6 Å². The van der Waals surface area contributed by atoms with Crippen molar-refractivity contribution in [2.75, 3.05) is 12.3 Å².